The molecule has 0 spiro atoms. The van der Waals surface area contributed by atoms with E-state index in [1.807, 2.05) is 0 Å². The Hall–Kier alpha value is -2.58. The zero-order valence-electron chi connectivity index (χ0n) is 9.80. The molecule has 0 amide bonds. The lowest BCUT2D eigenvalue weighted by Gasteiger charge is -2.05. The van der Waals surface area contributed by atoms with Crippen molar-refractivity contribution in [3.05, 3.63) is 46.0 Å². The number of aromatic nitrogens is 3. The minimum atomic E-state index is -1.23. The van der Waals surface area contributed by atoms with Crippen LogP contribution in [0.5, 0.6) is 0 Å². The highest BCUT2D eigenvalue weighted by Crippen LogP contribution is 2.28. The van der Waals surface area contributed by atoms with Crippen molar-refractivity contribution in [1.82, 2.24) is 14.8 Å². The molecule has 1 aromatic heterocycles. The van der Waals surface area contributed by atoms with E-state index in [1.165, 1.54) is 11.0 Å². The molecule has 2 rings (SSSR count). The molecule has 0 aliphatic rings. The van der Waals surface area contributed by atoms with Gasteiger partial charge in [-0.1, -0.05) is 0 Å². The Labute approximate surface area is 106 Å². The summed E-state index contributed by atoms with van der Waals surface area (Å²) in [4.78, 5) is 13.7. The predicted molar refractivity (Wildman–Crippen MR) is 61.3 cm³/mol. The van der Waals surface area contributed by atoms with E-state index in [4.69, 9.17) is 0 Å². The smallest absolute Gasteiger partial charge is 0.327 e. The molecule has 0 bridgehead atoms. The molecule has 1 heterocycles. The first-order chi connectivity index (χ1) is 8.97. The SMILES string of the molecule is Cn1cnc(CNc2cc(F)cc(F)c2[N+](=O)[O-])n1. The Morgan fingerprint density at radius 1 is 1.47 bits per heavy atom. The lowest BCUT2D eigenvalue weighted by molar-refractivity contribution is -0.386. The molecule has 0 saturated heterocycles. The third-order valence-electron chi connectivity index (χ3n) is 2.29. The summed E-state index contributed by atoms with van der Waals surface area (Å²) < 4.78 is 27.8. The van der Waals surface area contributed by atoms with Gasteiger partial charge in [-0.15, -0.1) is 0 Å². The quantitative estimate of drug-likeness (QED) is 0.673. The largest absolute Gasteiger partial charge is 0.372 e. The van der Waals surface area contributed by atoms with Gasteiger partial charge >= 0.3 is 5.69 Å². The average molecular weight is 269 g/mol. The Balaban J connectivity index is 2.26. The van der Waals surface area contributed by atoms with Gasteiger partial charge in [-0.3, -0.25) is 14.8 Å². The van der Waals surface area contributed by atoms with Crippen molar-refractivity contribution in [3.63, 3.8) is 0 Å². The van der Waals surface area contributed by atoms with Crippen LogP contribution in [-0.2, 0) is 13.6 Å². The van der Waals surface area contributed by atoms with Crippen molar-refractivity contribution in [2.24, 2.45) is 7.05 Å². The molecule has 0 aliphatic carbocycles. The minimum absolute atomic E-state index is 0.0184. The number of nitrogens with one attached hydrogen (secondary N) is 1. The Morgan fingerprint density at radius 2 is 2.21 bits per heavy atom. The average Bonchev–Trinajstić information content (AvgIpc) is 2.71. The van der Waals surface area contributed by atoms with Crippen LogP contribution in [0.4, 0.5) is 20.2 Å². The number of nitro benzene ring substituents is 1. The summed E-state index contributed by atoms with van der Waals surface area (Å²) in [5.41, 5.74) is -1.06. The van der Waals surface area contributed by atoms with Gasteiger partial charge in [0, 0.05) is 19.2 Å². The van der Waals surface area contributed by atoms with Crippen molar-refractivity contribution in [1.29, 1.82) is 0 Å². The molecule has 1 N–H and O–H groups in total. The molecule has 0 saturated carbocycles. The van der Waals surface area contributed by atoms with E-state index in [2.05, 4.69) is 15.4 Å². The van der Waals surface area contributed by atoms with E-state index in [1.54, 1.807) is 7.05 Å². The van der Waals surface area contributed by atoms with Crippen molar-refractivity contribution < 1.29 is 13.7 Å². The van der Waals surface area contributed by atoms with Crippen molar-refractivity contribution >= 4 is 11.4 Å². The molecular weight excluding hydrogens is 260 g/mol. The van der Waals surface area contributed by atoms with Gasteiger partial charge in [0.05, 0.1) is 11.5 Å². The highest BCUT2D eigenvalue weighted by atomic mass is 19.1. The predicted octanol–water partition coefficient (Wildman–Crippen LogP) is 1.61. The number of hydrogen-bond donors (Lipinski definition) is 1. The Kier molecular flexibility index (Phi) is 3.36. The van der Waals surface area contributed by atoms with Gasteiger partial charge in [-0.25, -0.2) is 9.37 Å². The number of nitro groups is 1. The summed E-state index contributed by atoms with van der Waals surface area (Å²) in [6.45, 7) is 0.0184. The number of halogens is 2. The molecule has 100 valence electrons. The molecule has 2 aromatic rings. The standard InChI is InChI=1S/C10H9F2N5O2/c1-16-5-14-9(15-16)4-13-8-3-6(11)2-7(12)10(8)17(18)19/h2-3,5,13H,4H2,1H3. The van der Waals surface area contributed by atoms with Crippen molar-refractivity contribution in [3.8, 4) is 0 Å². The molecule has 0 aliphatic heterocycles. The van der Waals surface area contributed by atoms with E-state index in [0.29, 0.717) is 11.9 Å². The first kappa shape index (κ1) is 12.9. The molecule has 0 unspecified atom stereocenters. The zero-order chi connectivity index (χ0) is 14.0. The van der Waals surface area contributed by atoms with Gasteiger partial charge in [-0.05, 0) is 0 Å². The lowest BCUT2D eigenvalue weighted by Crippen LogP contribution is -2.06. The van der Waals surface area contributed by atoms with Crippen LogP contribution in [0.25, 0.3) is 0 Å². The number of benzene rings is 1. The van der Waals surface area contributed by atoms with Crippen molar-refractivity contribution in [2.75, 3.05) is 5.32 Å². The third kappa shape index (κ3) is 2.81. The Morgan fingerprint density at radius 3 is 2.79 bits per heavy atom. The first-order valence-electron chi connectivity index (χ1n) is 5.19. The Bertz CT molecular complexity index is 628. The van der Waals surface area contributed by atoms with Gasteiger partial charge in [0.25, 0.3) is 0 Å². The van der Waals surface area contributed by atoms with Crippen LogP contribution < -0.4 is 5.32 Å². The second-order valence-electron chi connectivity index (χ2n) is 3.73. The summed E-state index contributed by atoms with van der Waals surface area (Å²) in [5.74, 6) is -1.79. The number of anilines is 1. The minimum Gasteiger partial charge on any atom is -0.372 e. The van der Waals surface area contributed by atoms with Gasteiger partial charge in [0.1, 0.15) is 17.8 Å². The second kappa shape index (κ2) is 4.96. The number of rotatable bonds is 4. The molecule has 1 aromatic carbocycles. The van der Waals surface area contributed by atoms with Gasteiger partial charge in [-0.2, -0.15) is 9.49 Å². The van der Waals surface area contributed by atoms with E-state index in [0.717, 1.165) is 6.07 Å². The summed E-state index contributed by atoms with van der Waals surface area (Å²) in [5, 5.41) is 17.2. The van der Waals surface area contributed by atoms with Crippen LogP contribution in [0.3, 0.4) is 0 Å². The zero-order valence-corrected chi connectivity index (χ0v) is 9.80. The fourth-order valence-electron chi connectivity index (χ4n) is 1.53. The third-order valence-corrected chi connectivity index (χ3v) is 2.29. The first-order valence-corrected chi connectivity index (χ1v) is 5.19. The fraction of sp³-hybridized carbons (Fsp3) is 0.200. The molecule has 0 atom stereocenters. The topological polar surface area (TPSA) is 85.9 Å². The molecule has 0 fully saturated rings. The summed E-state index contributed by atoms with van der Waals surface area (Å²) in [6.07, 6.45) is 1.44. The van der Waals surface area contributed by atoms with Crippen LogP contribution in [-0.4, -0.2) is 19.7 Å². The maximum absolute atomic E-state index is 13.3. The van der Waals surface area contributed by atoms with Gasteiger partial charge in [0.2, 0.25) is 5.82 Å². The molecule has 19 heavy (non-hydrogen) atoms. The second-order valence-corrected chi connectivity index (χ2v) is 3.73. The summed E-state index contributed by atoms with van der Waals surface area (Å²) in [7, 11) is 1.65. The fourth-order valence-corrected chi connectivity index (χ4v) is 1.53. The maximum Gasteiger partial charge on any atom is 0.327 e. The lowest BCUT2D eigenvalue weighted by atomic mass is 10.2. The number of nitrogens with zero attached hydrogens (tertiary/aromatic N) is 4. The number of hydrogen-bond acceptors (Lipinski definition) is 5. The van der Waals surface area contributed by atoms with Crippen LogP contribution >= 0.6 is 0 Å². The molecule has 7 nitrogen and oxygen atoms in total. The van der Waals surface area contributed by atoms with E-state index >= 15 is 0 Å². The van der Waals surface area contributed by atoms with Crippen molar-refractivity contribution in [2.45, 2.75) is 6.54 Å². The molecule has 0 radical (unpaired) electrons. The van der Waals surface area contributed by atoms with Gasteiger partial charge in [0.15, 0.2) is 5.82 Å². The highest BCUT2D eigenvalue weighted by molar-refractivity contribution is 5.62. The molecular formula is C10H9F2N5O2. The highest BCUT2D eigenvalue weighted by Gasteiger charge is 2.22. The number of aryl methyl sites for hydroxylation is 1. The van der Waals surface area contributed by atoms with Crippen LogP contribution in [0.1, 0.15) is 5.82 Å². The van der Waals surface area contributed by atoms with Crippen LogP contribution in [0.15, 0.2) is 18.5 Å². The maximum atomic E-state index is 13.3. The molecule has 9 heteroatoms. The van der Waals surface area contributed by atoms with E-state index < -0.39 is 22.2 Å². The van der Waals surface area contributed by atoms with Crippen LogP contribution in [0, 0.1) is 21.7 Å². The van der Waals surface area contributed by atoms with Gasteiger partial charge < -0.3 is 5.32 Å². The summed E-state index contributed by atoms with van der Waals surface area (Å²) >= 11 is 0. The van der Waals surface area contributed by atoms with Crippen LogP contribution in [0.2, 0.25) is 0 Å². The van der Waals surface area contributed by atoms with E-state index in [9.17, 15) is 18.9 Å². The monoisotopic (exact) mass is 269 g/mol. The summed E-state index contributed by atoms with van der Waals surface area (Å²) in [6, 6.07) is 1.31. The van der Waals surface area contributed by atoms with E-state index in [-0.39, 0.29) is 12.2 Å². The normalized spacial score (nSPS) is 10.5.